The molecular formula is C15H15N3O. The summed E-state index contributed by atoms with van der Waals surface area (Å²) in [7, 11) is 0. The molecule has 0 saturated carbocycles. The minimum atomic E-state index is 0.557. The molecule has 96 valence electrons. The Morgan fingerprint density at radius 2 is 2.11 bits per heavy atom. The zero-order valence-electron chi connectivity index (χ0n) is 10.8. The van der Waals surface area contributed by atoms with Gasteiger partial charge in [-0.1, -0.05) is 18.2 Å². The summed E-state index contributed by atoms with van der Waals surface area (Å²) in [6.45, 7) is 3.24. The van der Waals surface area contributed by atoms with Crippen LogP contribution in [0.5, 0.6) is 5.75 Å². The highest BCUT2D eigenvalue weighted by molar-refractivity contribution is 5.39. The maximum absolute atomic E-state index is 8.66. The lowest BCUT2D eigenvalue weighted by molar-refractivity contribution is 0.330. The molecule has 0 saturated heterocycles. The van der Waals surface area contributed by atoms with Gasteiger partial charge < -0.3 is 10.1 Å². The van der Waals surface area contributed by atoms with Gasteiger partial charge in [-0.05, 0) is 30.7 Å². The maximum Gasteiger partial charge on any atom is 0.126 e. The van der Waals surface area contributed by atoms with Gasteiger partial charge in [0.25, 0.3) is 0 Å². The van der Waals surface area contributed by atoms with Crippen LogP contribution in [0, 0.1) is 18.3 Å². The molecule has 2 aromatic rings. The number of benzene rings is 1. The lowest BCUT2D eigenvalue weighted by Gasteiger charge is -2.09. The van der Waals surface area contributed by atoms with Crippen molar-refractivity contribution in [3.8, 4) is 11.8 Å². The molecule has 0 fully saturated rings. The molecule has 0 atom stereocenters. The van der Waals surface area contributed by atoms with Gasteiger partial charge in [0.15, 0.2) is 0 Å². The number of hydrogen-bond acceptors (Lipinski definition) is 4. The van der Waals surface area contributed by atoms with Gasteiger partial charge in [-0.25, -0.2) is 4.98 Å². The van der Waals surface area contributed by atoms with E-state index in [4.69, 9.17) is 10.00 Å². The molecule has 0 unspecified atom stereocenters. The molecule has 0 aliphatic heterocycles. The van der Waals surface area contributed by atoms with Gasteiger partial charge in [-0.2, -0.15) is 5.26 Å². The Kier molecular flexibility index (Phi) is 4.35. The Labute approximate surface area is 112 Å². The van der Waals surface area contributed by atoms with Crippen LogP contribution >= 0.6 is 0 Å². The van der Waals surface area contributed by atoms with E-state index >= 15 is 0 Å². The highest BCUT2D eigenvalue weighted by Gasteiger charge is 1.98. The van der Waals surface area contributed by atoms with E-state index in [1.165, 1.54) is 0 Å². The minimum Gasteiger partial charge on any atom is -0.491 e. The second kappa shape index (κ2) is 6.41. The molecule has 0 bridgehead atoms. The predicted molar refractivity (Wildman–Crippen MR) is 74.1 cm³/mol. The van der Waals surface area contributed by atoms with E-state index in [9.17, 15) is 0 Å². The molecule has 1 N–H and O–H groups in total. The minimum absolute atomic E-state index is 0.557. The lowest BCUT2D eigenvalue weighted by atomic mass is 10.2. The topological polar surface area (TPSA) is 57.9 Å². The first-order valence-electron chi connectivity index (χ1n) is 6.08. The van der Waals surface area contributed by atoms with Crippen LogP contribution in [-0.4, -0.2) is 18.1 Å². The summed E-state index contributed by atoms with van der Waals surface area (Å²) >= 11 is 0. The molecule has 1 aromatic heterocycles. The Morgan fingerprint density at radius 3 is 2.79 bits per heavy atom. The fourth-order valence-electron chi connectivity index (χ4n) is 1.62. The van der Waals surface area contributed by atoms with Crippen LogP contribution in [0.4, 0.5) is 5.82 Å². The number of nitrogens with one attached hydrogen (secondary N) is 1. The van der Waals surface area contributed by atoms with Crippen LogP contribution < -0.4 is 10.1 Å². The van der Waals surface area contributed by atoms with E-state index < -0.39 is 0 Å². The number of aromatic nitrogens is 1. The Balaban J connectivity index is 1.78. The van der Waals surface area contributed by atoms with E-state index in [-0.39, 0.29) is 0 Å². The summed E-state index contributed by atoms with van der Waals surface area (Å²) in [4.78, 5) is 4.12. The molecule has 0 amide bonds. The van der Waals surface area contributed by atoms with Gasteiger partial charge in [-0.3, -0.25) is 0 Å². The van der Waals surface area contributed by atoms with Crippen LogP contribution in [0.15, 0.2) is 42.6 Å². The zero-order valence-corrected chi connectivity index (χ0v) is 10.8. The number of aryl methyl sites for hydroxylation is 1. The Hall–Kier alpha value is -2.54. The highest BCUT2D eigenvalue weighted by atomic mass is 16.5. The molecule has 0 radical (unpaired) electrons. The Bertz CT molecular complexity index is 573. The number of ether oxygens (including phenoxy) is 1. The van der Waals surface area contributed by atoms with Gasteiger partial charge in [0, 0.05) is 6.20 Å². The van der Waals surface area contributed by atoms with Gasteiger partial charge in [0.05, 0.1) is 12.1 Å². The molecular weight excluding hydrogens is 238 g/mol. The van der Waals surface area contributed by atoms with Gasteiger partial charge in [0.2, 0.25) is 0 Å². The van der Waals surface area contributed by atoms with Gasteiger partial charge >= 0.3 is 0 Å². The van der Waals surface area contributed by atoms with Gasteiger partial charge in [-0.15, -0.1) is 0 Å². The normalized spacial score (nSPS) is 9.68. The van der Waals surface area contributed by atoms with Crippen molar-refractivity contribution in [1.29, 1.82) is 5.26 Å². The second-order valence-electron chi connectivity index (χ2n) is 4.08. The zero-order chi connectivity index (χ0) is 13.5. The SMILES string of the molecule is Cc1ccccc1OCCNc1ccc(C#N)cn1. The second-order valence-corrected chi connectivity index (χ2v) is 4.08. The van der Waals surface area contributed by atoms with Crippen LogP contribution in [0.25, 0.3) is 0 Å². The first-order chi connectivity index (χ1) is 9.29. The number of pyridine rings is 1. The van der Waals surface area contributed by atoms with Crippen LogP contribution in [-0.2, 0) is 0 Å². The van der Waals surface area contributed by atoms with E-state index in [0.717, 1.165) is 17.1 Å². The fraction of sp³-hybridized carbons (Fsp3) is 0.200. The quantitative estimate of drug-likeness (QED) is 0.832. The van der Waals surface area contributed by atoms with Crippen molar-refractivity contribution in [3.63, 3.8) is 0 Å². The van der Waals surface area contributed by atoms with Crippen LogP contribution in [0.2, 0.25) is 0 Å². The molecule has 0 spiro atoms. The molecule has 2 rings (SSSR count). The molecule has 19 heavy (non-hydrogen) atoms. The number of hydrogen-bond donors (Lipinski definition) is 1. The van der Waals surface area contributed by atoms with Crippen molar-refractivity contribution in [2.75, 3.05) is 18.5 Å². The molecule has 0 aliphatic carbocycles. The summed E-state index contributed by atoms with van der Waals surface area (Å²) in [5, 5.41) is 11.8. The standard InChI is InChI=1S/C15H15N3O/c1-12-4-2-3-5-14(12)19-9-8-17-15-7-6-13(10-16)11-18-15/h2-7,11H,8-9H2,1H3,(H,17,18). The third-order valence-corrected chi connectivity index (χ3v) is 2.65. The first-order valence-corrected chi connectivity index (χ1v) is 6.08. The number of anilines is 1. The first kappa shape index (κ1) is 12.9. The average molecular weight is 253 g/mol. The number of nitrogens with zero attached hydrogens (tertiary/aromatic N) is 2. The highest BCUT2D eigenvalue weighted by Crippen LogP contribution is 2.15. The predicted octanol–water partition coefficient (Wildman–Crippen LogP) is 2.75. The van der Waals surface area contributed by atoms with Crippen molar-refractivity contribution in [3.05, 3.63) is 53.7 Å². The van der Waals surface area contributed by atoms with E-state index in [1.807, 2.05) is 37.3 Å². The number of nitriles is 1. The molecule has 4 heteroatoms. The number of para-hydroxylation sites is 1. The molecule has 1 heterocycles. The average Bonchev–Trinajstić information content (AvgIpc) is 2.46. The van der Waals surface area contributed by atoms with E-state index in [2.05, 4.69) is 10.3 Å². The van der Waals surface area contributed by atoms with E-state index in [0.29, 0.717) is 18.7 Å². The van der Waals surface area contributed by atoms with Crippen molar-refractivity contribution >= 4 is 5.82 Å². The molecule has 0 aliphatic rings. The summed E-state index contributed by atoms with van der Waals surface area (Å²) in [5.74, 6) is 1.64. The van der Waals surface area contributed by atoms with Crippen molar-refractivity contribution in [2.45, 2.75) is 6.92 Å². The molecule has 4 nitrogen and oxygen atoms in total. The van der Waals surface area contributed by atoms with E-state index in [1.54, 1.807) is 18.3 Å². The summed E-state index contributed by atoms with van der Waals surface area (Å²) in [6, 6.07) is 13.5. The third-order valence-electron chi connectivity index (χ3n) is 2.65. The maximum atomic E-state index is 8.66. The van der Waals surface area contributed by atoms with Crippen molar-refractivity contribution in [2.24, 2.45) is 0 Å². The van der Waals surface area contributed by atoms with Gasteiger partial charge in [0.1, 0.15) is 24.2 Å². The fourth-order valence-corrected chi connectivity index (χ4v) is 1.62. The Morgan fingerprint density at radius 1 is 1.26 bits per heavy atom. The summed E-state index contributed by atoms with van der Waals surface area (Å²) in [6.07, 6.45) is 1.55. The van der Waals surface area contributed by atoms with Crippen molar-refractivity contribution in [1.82, 2.24) is 4.98 Å². The third kappa shape index (κ3) is 3.71. The van der Waals surface area contributed by atoms with Crippen LogP contribution in [0.1, 0.15) is 11.1 Å². The smallest absolute Gasteiger partial charge is 0.126 e. The number of rotatable bonds is 5. The van der Waals surface area contributed by atoms with Crippen molar-refractivity contribution < 1.29 is 4.74 Å². The summed E-state index contributed by atoms with van der Waals surface area (Å²) < 4.78 is 5.66. The van der Waals surface area contributed by atoms with Crippen LogP contribution in [0.3, 0.4) is 0 Å². The largest absolute Gasteiger partial charge is 0.491 e. The molecule has 1 aromatic carbocycles. The summed E-state index contributed by atoms with van der Waals surface area (Å²) in [5.41, 5.74) is 1.68. The monoisotopic (exact) mass is 253 g/mol. The lowest BCUT2D eigenvalue weighted by Crippen LogP contribution is -2.12.